The van der Waals surface area contributed by atoms with Crippen molar-refractivity contribution in [1.29, 1.82) is 0 Å². The Bertz CT molecular complexity index is 1750. The van der Waals surface area contributed by atoms with E-state index in [9.17, 15) is 19.5 Å². The highest BCUT2D eigenvalue weighted by atomic mass is 32.1. The molecule has 1 fully saturated rings. The van der Waals surface area contributed by atoms with Crippen molar-refractivity contribution in [1.82, 2.24) is 20.2 Å². The maximum Gasteiger partial charge on any atom is 0.308 e. The first-order chi connectivity index (χ1) is 24.5. The van der Waals surface area contributed by atoms with E-state index in [0.717, 1.165) is 45.9 Å². The van der Waals surface area contributed by atoms with Gasteiger partial charge in [0.05, 0.1) is 17.4 Å². The van der Waals surface area contributed by atoms with Crippen LogP contribution >= 0.6 is 11.3 Å². The van der Waals surface area contributed by atoms with Crippen LogP contribution in [0.3, 0.4) is 0 Å². The molecule has 4 aromatic rings. The average Bonchev–Trinajstić information content (AvgIpc) is 3.65. The molecule has 0 saturated carbocycles. The Balaban J connectivity index is 1.24. The Morgan fingerprint density at radius 3 is 2.25 bits per heavy atom. The number of carboxylic acids is 1. The molecule has 2 N–H and O–H groups in total. The van der Waals surface area contributed by atoms with Gasteiger partial charge in [-0.25, -0.2) is 9.97 Å². The van der Waals surface area contributed by atoms with E-state index in [4.69, 9.17) is 4.74 Å². The Labute approximate surface area is 305 Å². The molecule has 3 heterocycles. The third-order valence-corrected chi connectivity index (χ3v) is 10.8. The zero-order valence-electron chi connectivity index (χ0n) is 30.2. The Morgan fingerprint density at radius 1 is 0.922 bits per heavy atom. The van der Waals surface area contributed by atoms with Crippen molar-refractivity contribution in [3.8, 4) is 28.3 Å². The number of carbonyl (C=O) groups excluding carboxylic acids is 2. The minimum atomic E-state index is -0.904. The summed E-state index contributed by atoms with van der Waals surface area (Å²) in [6.07, 6.45) is 11.0. The van der Waals surface area contributed by atoms with Gasteiger partial charge >= 0.3 is 5.97 Å². The highest BCUT2D eigenvalue weighted by molar-refractivity contribution is 7.14. The summed E-state index contributed by atoms with van der Waals surface area (Å²) in [4.78, 5) is 51.4. The van der Waals surface area contributed by atoms with Crippen molar-refractivity contribution in [3.63, 3.8) is 0 Å². The maximum absolute atomic E-state index is 13.8. The lowest BCUT2D eigenvalue weighted by Gasteiger charge is -2.33. The number of nitrogens with zero attached hydrogens (tertiary/aromatic N) is 3. The average molecular weight is 711 g/mol. The van der Waals surface area contributed by atoms with Gasteiger partial charge in [0.25, 0.3) is 5.91 Å². The van der Waals surface area contributed by atoms with Crippen LogP contribution in [-0.4, -0.2) is 63.5 Å². The van der Waals surface area contributed by atoms with Crippen molar-refractivity contribution in [2.75, 3.05) is 19.7 Å². The van der Waals surface area contributed by atoms with Gasteiger partial charge in [-0.3, -0.25) is 14.4 Å². The fraction of sp³-hybridized carbons (Fsp3) is 0.439. The Hall–Kier alpha value is -4.57. The van der Waals surface area contributed by atoms with Gasteiger partial charge in [-0.1, -0.05) is 89.8 Å². The third-order valence-electron chi connectivity index (χ3n) is 9.26. The minimum absolute atomic E-state index is 0.0996. The molecular formula is C41H50N4O5S. The predicted octanol–water partition coefficient (Wildman–Crippen LogP) is 8.18. The van der Waals surface area contributed by atoms with E-state index >= 15 is 0 Å². The number of likely N-dealkylation sites (tertiary alicyclic amines) is 1. The number of benzene rings is 2. The van der Waals surface area contributed by atoms with Crippen LogP contribution in [0.25, 0.3) is 22.5 Å². The number of unbranched alkanes of at least 4 members (excludes halogenated alkanes) is 4. The van der Waals surface area contributed by atoms with Crippen LogP contribution in [0.4, 0.5) is 0 Å². The first-order valence-electron chi connectivity index (χ1n) is 18.1. The molecule has 270 valence electrons. The van der Waals surface area contributed by atoms with E-state index in [0.29, 0.717) is 30.1 Å². The summed E-state index contributed by atoms with van der Waals surface area (Å²) in [5.74, 6) is -0.664. The van der Waals surface area contributed by atoms with Crippen LogP contribution < -0.4 is 10.1 Å². The zero-order valence-corrected chi connectivity index (χ0v) is 31.0. The lowest BCUT2D eigenvalue weighted by molar-refractivity contribution is -0.146. The molecule has 0 spiro atoms. The van der Waals surface area contributed by atoms with Crippen molar-refractivity contribution in [2.45, 2.75) is 90.5 Å². The summed E-state index contributed by atoms with van der Waals surface area (Å²) >= 11 is 1.42. The van der Waals surface area contributed by atoms with E-state index in [2.05, 4.69) is 43.0 Å². The second kappa shape index (κ2) is 17.6. The molecule has 10 heteroatoms. The molecule has 51 heavy (non-hydrogen) atoms. The quantitative estimate of drug-likeness (QED) is 0.119. The molecule has 2 aromatic heterocycles. The lowest BCUT2D eigenvalue weighted by atomic mass is 9.95. The summed E-state index contributed by atoms with van der Waals surface area (Å²) in [5.41, 5.74) is 3.49. The van der Waals surface area contributed by atoms with Gasteiger partial charge in [0.15, 0.2) is 5.82 Å². The van der Waals surface area contributed by atoms with Gasteiger partial charge in [-0.15, -0.1) is 11.3 Å². The van der Waals surface area contributed by atoms with Crippen molar-refractivity contribution in [2.24, 2.45) is 5.92 Å². The Morgan fingerprint density at radius 2 is 1.61 bits per heavy atom. The van der Waals surface area contributed by atoms with E-state index in [1.54, 1.807) is 11.0 Å². The highest BCUT2D eigenvalue weighted by Crippen LogP contribution is 2.30. The number of ether oxygens (including phenoxy) is 1. The lowest BCUT2D eigenvalue weighted by Crippen LogP contribution is -2.52. The van der Waals surface area contributed by atoms with Crippen LogP contribution in [0.5, 0.6) is 5.75 Å². The number of aliphatic carboxylic acids is 1. The van der Waals surface area contributed by atoms with Crippen LogP contribution in [0.1, 0.15) is 92.8 Å². The van der Waals surface area contributed by atoms with E-state index in [-0.39, 0.29) is 30.2 Å². The summed E-state index contributed by atoms with van der Waals surface area (Å²) in [6.45, 7) is 9.83. The molecule has 1 aliphatic rings. The molecule has 1 unspecified atom stereocenters. The second-order valence-corrected chi connectivity index (χ2v) is 15.5. The topological polar surface area (TPSA) is 122 Å². The standard InChI is InChI=1S/C41H50N4O5S/c1-5-6-7-8-9-23-50-33-18-16-29(17-19-33)32-25-42-37(43-26-32)30-14-12-28(13-15-30)24-34(39(47)45-22-10-11-31(27-45)40(48)49)44-38(46)35-20-21-36(51-35)41(2,3)4/h12-21,25-26,31,34H,5-11,22-24,27H2,1-4H3,(H,44,46)(H,48,49)/t31?,34-/m0/s1. The van der Waals surface area contributed by atoms with Gasteiger partial charge < -0.3 is 20.1 Å². The molecule has 0 aliphatic carbocycles. The maximum atomic E-state index is 13.8. The molecule has 0 bridgehead atoms. The molecule has 9 nitrogen and oxygen atoms in total. The smallest absolute Gasteiger partial charge is 0.308 e. The molecule has 2 aromatic carbocycles. The van der Waals surface area contributed by atoms with E-state index < -0.39 is 17.9 Å². The van der Waals surface area contributed by atoms with Gasteiger partial charge in [-0.05, 0) is 60.1 Å². The van der Waals surface area contributed by atoms with Gasteiger partial charge in [0.2, 0.25) is 5.91 Å². The second-order valence-electron chi connectivity index (χ2n) is 14.4. The largest absolute Gasteiger partial charge is 0.494 e. The summed E-state index contributed by atoms with van der Waals surface area (Å²) in [5, 5.41) is 12.6. The first-order valence-corrected chi connectivity index (χ1v) is 18.9. The minimum Gasteiger partial charge on any atom is -0.494 e. The number of carboxylic acid groups (broad SMARTS) is 1. The van der Waals surface area contributed by atoms with E-state index in [1.165, 1.54) is 37.0 Å². The monoisotopic (exact) mass is 710 g/mol. The van der Waals surface area contributed by atoms with Gasteiger partial charge in [0.1, 0.15) is 11.8 Å². The van der Waals surface area contributed by atoms with Crippen molar-refractivity contribution < 1.29 is 24.2 Å². The summed E-state index contributed by atoms with van der Waals surface area (Å²) < 4.78 is 5.90. The number of amides is 2. The molecule has 1 aliphatic heterocycles. The number of rotatable bonds is 15. The number of thiophene rings is 1. The predicted molar refractivity (Wildman–Crippen MR) is 202 cm³/mol. The number of piperidine rings is 1. The number of nitrogens with one attached hydrogen (secondary N) is 1. The SMILES string of the molecule is CCCCCCCOc1ccc(-c2cnc(-c3ccc(C[C@H](NC(=O)c4ccc(C(C)(C)C)s4)C(=O)N4CCCC(C(=O)O)C4)cc3)nc2)cc1. The highest BCUT2D eigenvalue weighted by Gasteiger charge is 2.33. The molecule has 2 amide bonds. The zero-order chi connectivity index (χ0) is 36.4. The van der Waals surface area contributed by atoms with Gasteiger partial charge in [-0.2, -0.15) is 0 Å². The fourth-order valence-corrected chi connectivity index (χ4v) is 7.15. The summed E-state index contributed by atoms with van der Waals surface area (Å²) in [7, 11) is 0. The first kappa shape index (κ1) is 37.7. The number of hydrogen-bond donors (Lipinski definition) is 2. The van der Waals surface area contributed by atoms with Crippen molar-refractivity contribution in [3.05, 3.63) is 88.4 Å². The van der Waals surface area contributed by atoms with Gasteiger partial charge in [0, 0.05) is 47.9 Å². The van der Waals surface area contributed by atoms with Crippen molar-refractivity contribution >= 4 is 29.1 Å². The number of carbonyl (C=O) groups is 3. The van der Waals surface area contributed by atoms with Crippen LogP contribution in [0, 0.1) is 5.92 Å². The molecular weight excluding hydrogens is 661 g/mol. The van der Waals surface area contributed by atoms with Crippen LogP contribution in [-0.2, 0) is 21.4 Å². The molecule has 1 saturated heterocycles. The normalized spacial score (nSPS) is 15.3. The number of hydrogen-bond acceptors (Lipinski definition) is 7. The van der Waals surface area contributed by atoms with E-state index in [1.807, 2.05) is 67.0 Å². The van der Waals surface area contributed by atoms with Crippen LogP contribution in [0.2, 0.25) is 0 Å². The fourth-order valence-electron chi connectivity index (χ4n) is 6.18. The Kier molecular flexibility index (Phi) is 13.0. The molecule has 2 atom stereocenters. The molecule has 0 radical (unpaired) electrons. The molecule has 5 rings (SSSR count). The number of aromatic nitrogens is 2. The summed E-state index contributed by atoms with van der Waals surface area (Å²) in [6, 6.07) is 18.6. The third kappa shape index (κ3) is 10.5. The van der Waals surface area contributed by atoms with Crippen LogP contribution in [0.15, 0.2) is 73.1 Å².